The lowest BCUT2D eigenvalue weighted by Gasteiger charge is -2.22. The van der Waals surface area contributed by atoms with Crippen molar-refractivity contribution in [2.75, 3.05) is 0 Å². The Morgan fingerprint density at radius 2 is 2.04 bits per heavy atom. The molecular formula is C18H20N4O. The number of aromatic nitrogens is 3. The first-order valence-corrected chi connectivity index (χ1v) is 7.96. The number of fused-ring (bicyclic) bond motifs is 1. The molecule has 5 nitrogen and oxygen atoms in total. The number of hydrogen-bond donors (Lipinski definition) is 0. The van der Waals surface area contributed by atoms with E-state index in [0.717, 1.165) is 35.1 Å². The van der Waals surface area contributed by atoms with Crippen LogP contribution in [0.2, 0.25) is 0 Å². The van der Waals surface area contributed by atoms with Crippen LogP contribution in [-0.2, 0) is 20.6 Å². The maximum absolute atomic E-state index is 13.2. The number of benzene rings is 1. The molecule has 5 heteroatoms. The standard InChI is InChI=1S/C18H20N4O/c1-20-10-9-19-17(20)12-22(13-7-8-13)18(23)15-11-21(2)16-6-4-3-5-14(15)16/h3-6,9-11,13H,7-8,12H2,1-2H3. The molecule has 0 bridgehead atoms. The molecule has 0 saturated heterocycles. The van der Waals surface area contributed by atoms with Crippen molar-refractivity contribution < 1.29 is 4.79 Å². The smallest absolute Gasteiger partial charge is 0.256 e. The van der Waals surface area contributed by atoms with E-state index in [2.05, 4.69) is 4.98 Å². The molecule has 118 valence electrons. The maximum Gasteiger partial charge on any atom is 0.256 e. The summed E-state index contributed by atoms with van der Waals surface area (Å²) in [5.41, 5.74) is 1.87. The van der Waals surface area contributed by atoms with Crippen molar-refractivity contribution in [1.29, 1.82) is 0 Å². The molecule has 0 atom stereocenters. The summed E-state index contributed by atoms with van der Waals surface area (Å²) in [6.07, 6.45) is 7.81. The molecule has 2 aromatic heterocycles. The molecule has 2 heterocycles. The van der Waals surface area contributed by atoms with Gasteiger partial charge in [0, 0.05) is 49.6 Å². The van der Waals surface area contributed by atoms with Gasteiger partial charge in [-0.25, -0.2) is 4.98 Å². The lowest BCUT2D eigenvalue weighted by atomic mass is 10.1. The predicted octanol–water partition coefficient (Wildman–Crippen LogP) is 2.72. The molecule has 0 spiro atoms. The zero-order valence-electron chi connectivity index (χ0n) is 13.4. The van der Waals surface area contributed by atoms with E-state index in [1.54, 1.807) is 6.20 Å². The molecule has 1 fully saturated rings. The summed E-state index contributed by atoms with van der Waals surface area (Å²) in [6.45, 7) is 0.566. The Labute approximate surface area is 135 Å². The van der Waals surface area contributed by atoms with Gasteiger partial charge in [-0.3, -0.25) is 4.79 Å². The van der Waals surface area contributed by atoms with Gasteiger partial charge < -0.3 is 14.0 Å². The van der Waals surface area contributed by atoms with Gasteiger partial charge in [0.05, 0.1) is 12.1 Å². The minimum atomic E-state index is 0.104. The maximum atomic E-state index is 13.2. The van der Waals surface area contributed by atoms with Crippen molar-refractivity contribution in [3.63, 3.8) is 0 Å². The molecule has 4 rings (SSSR count). The summed E-state index contributed by atoms with van der Waals surface area (Å²) in [6, 6.07) is 8.40. The number of nitrogens with zero attached hydrogens (tertiary/aromatic N) is 4. The summed E-state index contributed by atoms with van der Waals surface area (Å²) in [5.74, 6) is 1.03. The Morgan fingerprint density at radius 1 is 1.26 bits per heavy atom. The van der Waals surface area contributed by atoms with Crippen LogP contribution in [0, 0.1) is 0 Å². The quantitative estimate of drug-likeness (QED) is 0.744. The summed E-state index contributed by atoms with van der Waals surface area (Å²) >= 11 is 0. The highest BCUT2D eigenvalue weighted by Crippen LogP contribution is 2.31. The molecule has 1 amide bonds. The van der Waals surface area contributed by atoms with Crippen LogP contribution in [-0.4, -0.2) is 31.0 Å². The fraction of sp³-hybridized carbons (Fsp3) is 0.333. The second-order valence-electron chi connectivity index (χ2n) is 6.29. The molecule has 0 N–H and O–H groups in total. The van der Waals surface area contributed by atoms with E-state index >= 15 is 0 Å². The second-order valence-corrected chi connectivity index (χ2v) is 6.29. The van der Waals surface area contributed by atoms with Crippen molar-refractivity contribution in [1.82, 2.24) is 19.0 Å². The van der Waals surface area contributed by atoms with Crippen LogP contribution >= 0.6 is 0 Å². The van der Waals surface area contributed by atoms with Crippen molar-refractivity contribution in [2.24, 2.45) is 14.1 Å². The Bertz CT molecular complexity index is 872. The van der Waals surface area contributed by atoms with Crippen LogP contribution in [0.5, 0.6) is 0 Å². The second kappa shape index (κ2) is 5.26. The largest absolute Gasteiger partial charge is 0.350 e. The predicted molar refractivity (Wildman–Crippen MR) is 89.0 cm³/mol. The van der Waals surface area contributed by atoms with E-state index in [1.165, 1.54) is 0 Å². The van der Waals surface area contributed by atoms with Gasteiger partial charge >= 0.3 is 0 Å². The van der Waals surface area contributed by atoms with Gasteiger partial charge in [-0.1, -0.05) is 18.2 Å². The summed E-state index contributed by atoms with van der Waals surface area (Å²) < 4.78 is 4.00. The number of amides is 1. The third-order valence-electron chi connectivity index (χ3n) is 4.61. The zero-order chi connectivity index (χ0) is 16.0. The van der Waals surface area contributed by atoms with Gasteiger partial charge in [-0.2, -0.15) is 0 Å². The van der Waals surface area contributed by atoms with Gasteiger partial charge in [-0.05, 0) is 18.9 Å². The van der Waals surface area contributed by atoms with Crippen LogP contribution in [0.4, 0.5) is 0 Å². The van der Waals surface area contributed by atoms with E-state index in [1.807, 2.05) is 64.8 Å². The van der Waals surface area contributed by atoms with E-state index < -0.39 is 0 Å². The van der Waals surface area contributed by atoms with Crippen LogP contribution in [0.3, 0.4) is 0 Å². The summed E-state index contributed by atoms with van der Waals surface area (Å²) in [4.78, 5) is 19.5. The molecule has 0 aliphatic heterocycles. The molecule has 3 aromatic rings. The van der Waals surface area contributed by atoms with E-state index in [0.29, 0.717) is 12.6 Å². The molecule has 1 aliphatic rings. The SMILES string of the molecule is Cn1ccnc1CN(C(=O)c1cn(C)c2ccccc12)C1CC1. The summed E-state index contributed by atoms with van der Waals surface area (Å²) in [7, 11) is 3.95. The Balaban J connectivity index is 1.71. The zero-order valence-corrected chi connectivity index (χ0v) is 13.4. The first-order chi connectivity index (χ1) is 11.1. The minimum Gasteiger partial charge on any atom is -0.350 e. The number of hydrogen-bond acceptors (Lipinski definition) is 2. The van der Waals surface area contributed by atoms with Crippen LogP contribution in [0.25, 0.3) is 10.9 Å². The number of carbonyl (C=O) groups is 1. The number of carbonyl (C=O) groups excluding carboxylic acids is 1. The molecule has 23 heavy (non-hydrogen) atoms. The van der Waals surface area contributed by atoms with Gasteiger partial charge in [0.15, 0.2) is 0 Å². The van der Waals surface area contributed by atoms with Crippen molar-refractivity contribution in [3.05, 3.63) is 54.2 Å². The highest BCUT2D eigenvalue weighted by molar-refractivity contribution is 6.07. The van der Waals surface area contributed by atoms with Gasteiger partial charge in [-0.15, -0.1) is 0 Å². The topological polar surface area (TPSA) is 43.1 Å². The fourth-order valence-electron chi connectivity index (χ4n) is 3.12. The van der Waals surface area contributed by atoms with Gasteiger partial charge in [0.25, 0.3) is 5.91 Å². The molecular weight excluding hydrogens is 288 g/mol. The number of imidazole rings is 1. The number of aryl methyl sites for hydroxylation is 2. The van der Waals surface area contributed by atoms with Crippen molar-refractivity contribution in [2.45, 2.75) is 25.4 Å². The van der Waals surface area contributed by atoms with Gasteiger partial charge in [0.2, 0.25) is 0 Å². The number of para-hydroxylation sites is 1. The monoisotopic (exact) mass is 308 g/mol. The average Bonchev–Trinajstić information content (AvgIpc) is 3.24. The molecule has 1 saturated carbocycles. The summed E-state index contributed by atoms with van der Waals surface area (Å²) in [5, 5.41) is 1.02. The Kier molecular flexibility index (Phi) is 3.22. The van der Waals surface area contributed by atoms with E-state index in [-0.39, 0.29) is 5.91 Å². The van der Waals surface area contributed by atoms with Crippen molar-refractivity contribution >= 4 is 16.8 Å². The third-order valence-corrected chi connectivity index (χ3v) is 4.61. The first kappa shape index (κ1) is 14.1. The fourth-order valence-corrected chi connectivity index (χ4v) is 3.12. The lowest BCUT2D eigenvalue weighted by molar-refractivity contribution is 0.0726. The van der Waals surface area contributed by atoms with Crippen LogP contribution in [0.15, 0.2) is 42.9 Å². The third kappa shape index (κ3) is 2.42. The first-order valence-electron chi connectivity index (χ1n) is 7.96. The highest BCUT2D eigenvalue weighted by Gasteiger charge is 2.34. The highest BCUT2D eigenvalue weighted by atomic mass is 16.2. The minimum absolute atomic E-state index is 0.104. The molecule has 1 aliphatic carbocycles. The normalized spacial score (nSPS) is 14.3. The molecule has 0 unspecified atom stereocenters. The molecule has 0 radical (unpaired) electrons. The Morgan fingerprint density at radius 3 is 2.74 bits per heavy atom. The van der Waals surface area contributed by atoms with Gasteiger partial charge in [0.1, 0.15) is 5.82 Å². The Hall–Kier alpha value is -2.56. The van der Waals surface area contributed by atoms with E-state index in [4.69, 9.17) is 0 Å². The lowest BCUT2D eigenvalue weighted by Crippen LogP contribution is -2.33. The number of rotatable bonds is 4. The van der Waals surface area contributed by atoms with Crippen LogP contribution in [0.1, 0.15) is 29.0 Å². The van der Waals surface area contributed by atoms with Crippen LogP contribution < -0.4 is 0 Å². The average molecular weight is 308 g/mol. The molecule has 1 aromatic carbocycles. The van der Waals surface area contributed by atoms with E-state index in [9.17, 15) is 4.79 Å². The van der Waals surface area contributed by atoms with Crippen molar-refractivity contribution in [3.8, 4) is 0 Å².